The third-order valence-corrected chi connectivity index (χ3v) is 10.5. The smallest absolute Gasteiger partial charge is 0.287 e. The molecule has 2 heterocycles. The Balaban J connectivity index is 1.41. The fourth-order valence-corrected chi connectivity index (χ4v) is 8.07. The predicted molar refractivity (Wildman–Crippen MR) is 198 cm³/mol. The van der Waals surface area contributed by atoms with Crippen molar-refractivity contribution in [2.45, 2.75) is 116 Å². The number of fused-ring (bicyclic) bond motifs is 2. The first-order valence-electron chi connectivity index (χ1n) is 18.5. The van der Waals surface area contributed by atoms with Crippen LogP contribution in [0.5, 0.6) is 0 Å². The van der Waals surface area contributed by atoms with E-state index in [0.29, 0.717) is 30.4 Å². The average Bonchev–Trinajstić information content (AvgIpc) is 3.50. The van der Waals surface area contributed by atoms with Gasteiger partial charge in [-0.05, 0) is 76.5 Å². The highest BCUT2D eigenvalue weighted by Crippen LogP contribution is 2.39. The Kier molecular flexibility index (Phi) is 12.1. The van der Waals surface area contributed by atoms with Gasteiger partial charge < -0.3 is 30.3 Å². The molecule has 1 aliphatic heterocycles. The van der Waals surface area contributed by atoms with E-state index in [0.717, 1.165) is 30.2 Å². The summed E-state index contributed by atoms with van der Waals surface area (Å²) in [6, 6.07) is 16.2. The van der Waals surface area contributed by atoms with E-state index >= 15 is 0 Å². The first-order valence-corrected chi connectivity index (χ1v) is 18.5. The minimum atomic E-state index is -1.13. The first-order chi connectivity index (χ1) is 24.1. The zero-order valence-electron chi connectivity index (χ0n) is 31.0. The van der Waals surface area contributed by atoms with Crippen LogP contribution in [0.3, 0.4) is 0 Å². The van der Waals surface area contributed by atoms with Crippen molar-refractivity contribution in [3.8, 4) is 0 Å². The number of furan rings is 1. The number of hydrogen-bond donors (Lipinski definition) is 4. The number of carbonyl (C=O) groups is 4. The topological polar surface area (TPSA) is 141 Å². The fourth-order valence-electron chi connectivity index (χ4n) is 8.07. The molecular formula is C41H56N4O6. The number of para-hydroxylation sites is 1. The molecule has 2 aliphatic rings. The third kappa shape index (κ3) is 10.1. The number of carbonyl (C=O) groups excluding carboxylic acids is 4. The molecule has 1 saturated carbocycles. The Morgan fingerprint density at radius 1 is 0.922 bits per heavy atom. The van der Waals surface area contributed by atoms with Crippen LogP contribution in [-0.4, -0.2) is 76.4 Å². The van der Waals surface area contributed by atoms with Crippen molar-refractivity contribution in [2.24, 2.45) is 17.3 Å². The van der Waals surface area contributed by atoms with Crippen LogP contribution in [0, 0.1) is 17.3 Å². The van der Waals surface area contributed by atoms with Crippen LogP contribution in [0.1, 0.15) is 96.2 Å². The first kappa shape index (κ1) is 38.2. The van der Waals surface area contributed by atoms with Gasteiger partial charge in [-0.1, -0.05) is 81.6 Å². The van der Waals surface area contributed by atoms with E-state index in [9.17, 15) is 24.3 Å². The second kappa shape index (κ2) is 16.1. The van der Waals surface area contributed by atoms with E-state index < -0.39 is 47.0 Å². The zero-order valence-corrected chi connectivity index (χ0v) is 31.0. The van der Waals surface area contributed by atoms with Crippen LogP contribution < -0.4 is 16.0 Å². The summed E-state index contributed by atoms with van der Waals surface area (Å²) in [7, 11) is 0. The van der Waals surface area contributed by atoms with Gasteiger partial charge in [-0.2, -0.15) is 0 Å². The summed E-state index contributed by atoms with van der Waals surface area (Å²) in [4.78, 5) is 56.2. The predicted octanol–water partition coefficient (Wildman–Crippen LogP) is 5.42. The van der Waals surface area contributed by atoms with Crippen LogP contribution in [-0.2, 0) is 20.8 Å². The van der Waals surface area contributed by atoms with Gasteiger partial charge in [0.1, 0.15) is 17.4 Å². The second-order valence-electron chi connectivity index (χ2n) is 16.5. The summed E-state index contributed by atoms with van der Waals surface area (Å²) in [5.74, 6) is -0.271. The molecule has 0 bridgehead atoms. The molecular weight excluding hydrogens is 644 g/mol. The van der Waals surface area contributed by atoms with Gasteiger partial charge in [0.05, 0.1) is 18.2 Å². The van der Waals surface area contributed by atoms with Crippen molar-refractivity contribution in [1.82, 2.24) is 20.9 Å². The largest absolute Gasteiger partial charge is 0.451 e. The Bertz CT molecular complexity index is 1640. The van der Waals surface area contributed by atoms with Crippen molar-refractivity contribution in [2.75, 3.05) is 13.1 Å². The van der Waals surface area contributed by atoms with Gasteiger partial charge in [-0.3, -0.25) is 19.3 Å². The quantitative estimate of drug-likeness (QED) is 0.187. The molecule has 2 unspecified atom stereocenters. The van der Waals surface area contributed by atoms with E-state index in [1.54, 1.807) is 26.0 Å². The standard InChI is InChI=1S/C41H56N4O6/c1-26(46)23-41(5,6)36(43-38(49)35-22-29-17-12-13-19-34(29)51-35)39(50)42-31(20-27-14-8-7-9-15-27)33(47)25-45-24-30-18-11-10-16-28(30)21-32(45)37(48)44-40(2,3)4/h7-9,12-15,17,19,22,28,30-33,36,47H,10-11,16,18,20-21,23-25H2,1-6H3,(H,42,50)(H,43,49)(H,44,48)/t28-,30?,31-,32-,33+,36?/m0/s1. The van der Waals surface area contributed by atoms with Gasteiger partial charge >= 0.3 is 0 Å². The van der Waals surface area contributed by atoms with Crippen molar-refractivity contribution < 1.29 is 28.7 Å². The number of aliphatic hydroxyl groups is 1. The number of amides is 3. The number of aliphatic hydroxyl groups excluding tert-OH is 1. The Labute approximate surface area is 302 Å². The summed E-state index contributed by atoms with van der Waals surface area (Å²) < 4.78 is 5.80. The zero-order chi connectivity index (χ0) is 36.9. The number of benzene rings is 2. The third-order valence-electron chi connectivity index (χ3n) is 10.5. The van der Waals surface area contributed by atoms with Crippen molar-refractivity contribution in [3.05, 3.63) is 72.0 Å². The summed E-state index contributed by atoms with van der Waals surface area (Å²) in [6.45, 7) is 11.8. The van der Waals surface area contributed by atoms with Gasteiger partial charge in [0.25, 0.3) is 5.91 Å². The molecule has 2 aromatic carbocycles. The summed E-state index contributed by atoms with van der Waals surface area (Å²) in [5.41, 5.74) is 0.0900. The fraction of sp³-hybridized carbons (Fsp3) is 0.561. The van der Waals surface area contributed by atoms with E-state index in [-0.39, 0.29) is 30.4 Å². The Morgan fingerprint density at radius 3 is 2.25 bits per heavy atom. The van der Waals surface area contributed by atoms with E-state index in [2.05, 4.69) is 20.9 Å². The molecule has 1 aromatic heterocycles. The Morgan fingerprint density at radius 2 is 1.59 bits per heavy atom. The highest BCUT2D eigenvalue weighted by molar-refractivity contribution is 5.99. The number of piperidine rings is 1. The molecule has 5 rings (SSSR count). The molecule has 0 spiro atoms. The molecule has 3 aromatic rings. The number of β-amino-alcohol motifs (C(OH)–C–C–N with tert-alkyl or cyclic N) is 1. The van der Waals surface area contributed by atoms with Gasteiger partial charge in [0, 0.05) is 35.9 Å². The van der Waals surface area contributed by atoms with Gasteiger partial charge in [0.2, 0.25) is 11.8 Å². The van der Waals surface area contributed by atoms with Crippen molar-refractivity contribution in [3.63, 3.8) is 0 Å². The van der Waals surface area contributed by atoms with Crippen molar-refractivity contribution in [1.29, 1.82) is 0 Å². The second-order valence-corrected chi connectivity index (χ2v) is 16.5. The van der Waals surface area contributed by atoms with Gasteiger partial charge in [-0.15, -0.1) is 0 Å². The highest BCUT2D eigenvalue weighted by Gasteiger charge is 2.43. The number of hydrogen-bond acceptors (Lipinski definition) is 7. The lowest BCUT2D eigenvalue weighted by Gasteiger charge is -2.47. The minimum absolute atomic E-state index is 0.0400. The number of ketones is 1. The SMILES string of the molecule is CC(=O)CC(C)(C)C(NC(=O)c1cc2ccccc2o1)C(=O)N[C@@H](Cc1ccccc1)[C@H](O)CN1CC2CCCC[C@H]2C[C@H]1C(=O)NC(C)(C)C. The van der Waals surface area contributed by atoms with Crippen LogP contribution in [0.2, 0.25) is 0 Å². The molecule has 1 saturated heterocycles. The van der Waals surface area contributed by atoms with E-state index in [1.165, 1.54) is 19.8 Å². The number of nitrogens with zero attached hydrogens (tertiary/aromatic N) is 1. The molecule has 3 amide bonds. The lowest BCUT2D eigenvalue weighted by molar-refractivity contribution is -0.134. The molecule has 6 atom stereocenters. The molecule has 276 valence electrons. The van der Waals surface area contributed by atoms with Crippen LogP contribution >= 0.6 is 0 Å². The normalized spacial score (nSPS) is 21.6. The molecule has 51 heavy (non-hydrogen) atoms. The monoisotopic (exact) mass is 700 g/mol. The maximum absolute atomic E-state index is 14.4. The molecule has 10 nitrogen and oxygen atoms in total. The number of nitrogens with one attached hydrogen (secondary N) is 3. The number of rotatable bonds is 13. The van der Waals surface area contributed by atoms with Gasteiger partial charge in [-0.25, -0.2) is 0 Å². The molecule has 0 radical (unpaired) electrons. The van der Waals surface area contributed by atoms with Crippen LogP contribution in [0.4, 0.5) is 0 Å². The minimum Gasteiger partial charge on any atom is -0.451 e. The van der Waals surface area contributed by atoms with Crippen LogP contribution in [0.25, 0.3) is 11.0 Å². The maximum Gasteiger partial charge on any atom is 0.287 e. The van der Waals surface area contributed by atoms with E-state index in [1.807, 2.05) is 69.3 Å². The average molecular weight is 701 g/mol. The highest BCUT2D eigenvalue weighted by atomic mass is 16.3. The lowest BCUT2D eigenvalue weighted by atomic mass is 9.72. The Hall–Kier alpha value is -4.02. The van der Waals surface area contributed by atoms with Crippen LogP contribution in [0.15, 0.2) is 65.1 Å². The summed E-state index contributed by atoms with van der Waals surface area (Å²) >= 11 is 0. The number of Topliss-reactive ketones (excluding diaryl/α,β-unsaturated/α-hetero) is 1. The van der Waals surface area contributed by atoms with Gasteiger partial charge in [0.15, 0.2) is 5.76 Å². The van der Waals surface area contributed by atoms with E-state index in [4.69, 9.17) is 4.42 Å². The van der Waals surface area contributed by atoms with Crippen molar-refractivity contribution >= 4 is 34.5 Å². The molecule has 10 heteroatoms. The lowest BCUT2D eigenvalue weighted by Crippen LogP contribution is -2.62. The molecule has 1 aliphatic carbocycles. The summed E-state index contributed by atoms with van der Waals surface area (Å²) in [6.07, 6.45) is 4.63. The number of likely N-dealkylation sites (tertiary alicyclic amines) is 1. The maximum atomic E-state index is 14.4. The summed E-state index contributed by atoms with van der Waals surface area (Å²) in [5, 5.41) is 21.9. The molecule has 2 fully saturated rings. The molecule has 4 N–H and O–H groups in total.